The van der Waals surface area contributed by atoms with E-state index >= 15 is 0 Å². The van der Waals surface area contributed by atoms with Gasteiger partial charge in [0.15, 0.2) is 0 Å². The zero-order valence-electron chi connectivity index (χ0n) is 9.32. The molecule has 0 aromatic carbocycles. The number of alkyl halides is 3. The molecule has 2 atom stereocenters. The van der Waals surface area contributed by atoms with Crippen molar-refractivity contribution in [2.24, 2.45) is 0 Å². The van der Waals surface area contributed by atoms with Gasteiger partial charge in [0, 0.05) is 29.2 Å². The lowest BCUT2D eigenvalue weighted by atomic mass is 10.3. The van der Waals surface area contributed by atoms with Gasteiger partial charge in [-0.2, -0.15) is 13.2 Å². The van der Waals surface area contributed by atoms with Gasteiger partial charge in [-0.05, 0) is 0 Å². The second-order valence-electron chi connectivity index (χ2n) is 3.20. The molecule has 0 aliphatic carbocycles. The fraction of sp³-hybridized carbons (Fsp3) is 0.750. The minimum Gasteiger partial charge on any atom is -0.480 e. The molecule has 18 heavy (non-hydrogen) atoms. The summed E-state index contributed by atoms with van der Waals surface area (Å²) in [5, 5.41) is 10.7. The highest BCUT2D eigenvalue weighted by Crippen LogP contribution is 2.29. The summed E-state index contributed by atoms with van der Waals surface area (Å²) in [6, 6.07) is -1.35. The summed E-state index contributed by atoms with van der Waals surface area (Å²) < 4.78 is 46.7. The van der Waals surface area contributed by atoms with Crippen molar-refractivity contribution in [1.29, 1.82) is 0 Å². The Morgan fingerprint density at radius 2 is 2.00 bits per heavy atom. The summed E-state index contributed by atoms with van der Waals surface area (Å²) in [5.41, 5.74) is -4.39. The number of aliphatic carboxylic acids is 1. The van der Waals surface area contributed by atoms with Crippen molar-refractivity contribution in [2.75, 3.05) is 17.3 Å². The number of hydrogen-bond donors (Lipinski definition) is 2. The number of carboxylic acids is 1. The first-order chi connectivity index (χ1) is 8.11. The van der Waals surface area contributed by atoms with Crippen molar-refractivity contribution in [2.45, 2.75) is 18.5 Å². The highest BCUT2D eigenvalue weighted by atomic mass is 32.2. The average Bonchev–Trinajstić information content (AvgIpc) is 2.13. The lowest BCUT2D eigenvalue weighted by molar-refractivity contribution is -0.140. The van der Waals surface area contributed by atoms with Gasteiger partial charge in [-0.25, -0.2) is 4.79 Å². The third-order valence-corrected chi connectivity index (χ3v) is 3.96. The molecule has 0 aliphatic rings. The van der Waals surface area contributed by atoms with Crippen LogP contribution in [0.25, 0.3) is 0 Å². The number of thioether (sulfide) groups is 1. The minimum atomic E-state index is -4.39. The number of hydrogen-bond acceptors (Lipinski definition) is 4. The Hall–Kier alpha value is -0.770. The van der Waals surface area contributed by atoms with Crippen molar-refractivity contribution in [1.82, 2.24) is 5.32 Å². The van der Waals surface area contributed by atoms with E-state index in [1.807, 2.05) is 0 Å². The molecule has 0 bridgehead atoms. The molecule has 0 fully saturated rings. The van der Waals surface area contributed by atoms with Gasteiger partial charge in [-0.1, -0.05) is 11.8 Å². The Balaban J connectivity index is 4.11. The molecular formula is C8H12F3NO4S2. The molecule has 0 saturated heterocycles. The zero-order valence-corrected chi connectivity index (χ0v) is 11.0. The van der Waals surface area contributed by atoms with Crippen molar-refractivity contribution >= 4 is 34.4 Å². The molecule has 0 radical (unpaired) electrons. The molecule has 10 heteroatoms. The maximum absolute atomic E-state index is 11.8. The third kappa shape index (κ3) is 9.28. The molecule has 0 heterocycles. The van der Waals surface area contributed by atoms with Crippen molar-refractivity contribution in [3.8, 4) is 0 Å². The Morgan fingerprint density at radius 1 is 1.44 bits per heavy atom. The third-order valence-electron chi connectivity index (χ3n) is 1.60. The lowest BCUT2D eigenvalue weighted by Crippen LogP contribution is -2.43. The Bertz CT molecular complexity index is 335. The number of nitrogens with one attached hydrogen (secondary N) is 1. The van der Waals surface area contributed by atoms with Crippen LogP contribution in [-0.4, -0.2) is 50.0 Å². The van der Waals surface area contributed by atoms with Crippen molar-refractivity contribution < 1.29 is 32.1 Å². The van der Waals surface area contributed by atoms with E-state index in [9.17, 15) is 27.0 Å². The Labute approximate surface area is 108 Å². The van der Waals surface area contributed by atoms with Gasteiger partial charge < -0.3 is 10.4 Å². The number of carbonyl (C=O) groups is 2. The molecular weight excluding hydrogens is 295 g/mol. The van der Waals surface area contributed by atoms with Crippen LogP contribution in [0.3, 0.4) is 0 Å². The molecule has 0 aliphatic heterocycles. The first-order valence-electron chi connectivity index (χ1n) is 4.67. The van der Waals surface area contributed by atoms with Crippen molar-refractivity contribution in [3.05, 3.63) is 0 Å². The van der Waals surface area contributed by atoms with Gasteiger partial charge in [0.1, 0.15) is 6.04 Å². The van der Waals surface area contributed by atoms with Gasteiger partial charge >= 0.3 is 11.5 Å². The van der Waals surface area contributed by atoms with Gasteiger partial charge in [0.2, 0.25) is 5.91 Å². The molecule has 0 aromatic heterocycles. The number of carboxylic acid groups (broad SMARTS) is 1. The number of amides is 1. The van der Waals surface area contributed by atoms with E-state index in [-0.39, 0.29) is 17.5 Å². The van der Waals surface area contributed by atoms with Gasteiger partial charge in [-0.15, -0.1) is 0 Å². The quantitative estimate of drug-likeness (QED) is 0.719. The van der Waals surface area contributed by atoms with E-state index in [4.69, 9.17) is 5.11 Å². The number of rotatable bonds is 7. The van der Waals surface area contributed by atoms with E-state index in [1.165, 1.54) is 0 Å². The van der Waals surface area contributed by atoms with Gasteiger partial charge in [0.25, 0.3) is 0 Å². The van der Waals surface area contributed by atoms with Crippen LogP contribution in [0.5, 0.6) is 0 Å². The number of halogens is 3. The molecule has 0 rings (SSSR count). The fourth-order valence-corrected chi connectivity index (χ4v) is 3.01. The topological polar surface area (TPSA) is 83.5 Å². The Kier molecular flexibility index (Phi) is 7.29. The molecule has 0 spiro atoms. The van der Waals surface area contributed by atoms with Crippen molar-refractivity contribution in [3.63, 3.8) is 0 Å². The van der Waals surface area contributed by atoms with Crippen LogP contribution < -0.4 is 5.32 Å². The van der Waals surface area contributed by atoms with E-state index in [1.54, 1.807) is 0 Å². The standard InChI is InChI=1S/C8H12F3NO4S2/c1-5(13)12-6(7(14)15)4-18(16)3-2-17-8(9,10)11/h6H,2-4H2,1H3,(H,12,13)(H,14,15)/t6-,18?/m0/s1. The smallest absolute Gasteiger partial charge is 0.441 e. The van der Waals surface area contributed by atoms with Gasteiger partial charge in [0.05, 0.1) is 5.75 Å². The van der Waals surface area contributed by atoms with E-state index < -0.39 is 45.7 Å². The summed E-state index contributed by atoms with van der Waals surface area (Å²) in [4.78, 5) is 21.3. The highest BCUT2D eigenvalue weighted by Gasteiger charge is 2.28. The summed E-state index contributed by atoms with van der Waals surface area (Å²) >= 11 is -0.317. The van der Waals surface area contributed by atoms with Crippen LogP contribution in [0.15, 0.2) is 0 Å². The maximum Gasteiger partial charge on any atom is 0.441 e. The monoisotopic (exact) mass is 307 g/mol. The average molecular weight is 307 g/mol. The fourth-order valence-electron chi connectivity index (χ4n) is 0.940. The Morgan fingerprint density at radius 3 is 2.39 bits per heavy atom. The van der Waals surface area contributed by atoms with Crippen LogP contribution in [-0.2, 0) is 20.4 Å². The summed E-state index contributed by atoms with van der Waals surface area (Å²) in [6.07, 6.45) is 0. The summed E-state index contributed by atoms with van der Waals surface area (Å²) in [5.74, 6) is -3.09. The SMILES string of the molecule is CC(=O)N[C@@H](CS(=O)CCSC(F)(F)F)C(=O)O. The molecule has 2 N–H and O–H groups in total. The van der Waals surface area contributed by atoms with E-state index in [0.717, 1.165) is 6.92 Å². The first-order valence-corrected chi connectivity index (χ1v) is 7.14. The molecule has 1 unspecified atom stereocenters. The largest absolute Gasteiger partial charge is 0.480 e. The zero-order chi connectivity index (χ0) is 14.3. The summed E-state index contributed by atoms with van der Waals surface area (Å²) in [7, 11) is -1.74. The second kappa shape index (κ2) is 7.62. The number of carbonyl (C=O) groups excluding carboxylic acids is 1. The lowest BCUT2D eigenvalue weighted by Gasteiger charge is -2.12. The van der Waals surface area contributed by atoms with Crippen LogP contribution in [0.4, 0.5) is 13.2 Å². The van der Waals surface area contributed by atoms with Crippen LogP contribution in [0.1, 0.15) is 6.92 Å². The summed E-state index contributed by atoms with van der Waals surface area (Å²) in [6.45, 7) is 1.10. The normalized spacial score (nSPS) is 14.9. The molecule has 0 aromatic rings. The predicted octanol–water partition coefficient (Wildman–Crippen LogP) is 0.577. The van der Waals surface area contributed by atoms with E-state index in [0.29, 0.717) is 0 Å². The molecule has 1 amide bonds. The second-order valence-corrected chi connectivity index (χ2v) is 5.98. The molecule has 106 valence electrons. The molecule has 5 nitrogen and oxygen atoms in total. The van der Waals surface area contributed by atoms with E-state index in [2.05, 4.69) is 5.32 Å². The minimum absolute atomic E-state index is 0.284. The molecule has 0 saturated carbocycles. The predicted molar refractivity (Wildman–Crippen MR) is 61.6 cm³/mol. The van der Waals surface area contributed by atoms with Gasteiger partial charge in [-0.3, -0.25) is 9.00 Å². The maximum atomic E-state index is 11.8. The van der Waals surface area contributed by atoms with Crippen LogP contribution >= 0.6 is 11.8 Å². The first kappa shape index (κ1) is 17.2. The highest BCUT2D eigenvalue weighted by molar-refractivity contribution is 8.00. The van der Waals surface area contributed by atoms with Crippen LogP contribution in [0, 0.1) is 0 Å². The van der Waals surface area contributed by atoms with Crippen LogP contribution in [0.2, 0.25) is 0 Å².